The third-order valence-corrected chi connectivity index (χ3v) is 5.29. The lowest BCUT2D eigenvalue weighted by molar-refractivity contribution is -0.0651. The van der Waals surface area contributed by atoms with Crippen molar-refractivity contribution in [1.82, 2.24) is 9.80 Å². The summed E-state index contributed by atoms with van der Waals surface area (Å²) in [5.41, 5.74) is 6.80. The highest BCUT2D eigenvalue weighted by atomic mass is 15.3. The minimum absolute atomic E-state index is 0.176. The van der Waals surface area contributed by atoms with Gasteiger partial charge in [-0.15, -0.1) is 0 Å². The SMILES string of the molecule is CCN(C(C)CN(C)C)C1(CN)CCCCC1(C)C. The first-order valence-electron chi connectivity index (χ1n) is 7.92. The van der Waals surface area contributed by atoms with Crippen molar-refractivity contribution in [2.24, 2.45) is 11.1 Å². The van der Waals surface area contributed by atoms with Gasteiger partial charge in [0, 0.05) is 24.7 Å². The number of hydrogen-bond donors (Lipinski definition) is 1. The summed E-state index contributed by atoms with van der Waals surface area (Å²) in [6, 6.07) is 0.556. The van der Waals surface area contributed by atoms with Gasteiger partial charge >= 0.3 is 0 Å². The van der Waals surface area contributed by atoms with Crippen LogP contribution in [0.3, 0.4) is 0 Å². The zero-order valence-electron chi connectivity index (χ0n) is 14.0. The Morgan fingerprint density at radius 3 is 2.16 bits per heavy atom. The van der Waals surface area contributed by atoms with E-state index in [0.29, 0.717) is 11.5 Å². The van der Waals surface area contributed by atoms with Crippen LogP contribution in [0.2, 0.25) is 0 Å². The van der Waals surface area contributed by atoms with Gasteiger partial charge < -0.3 is 10.6 Å². The van der Waals surface area contributed by atoms with Crippen molar-refractivity contribution in [2.75, 3.05) is 33.7 Å². The zero-order valence-corrected chi connectivity index (χ0v) is 14.0. The van der Waals surface area contributed by atoms with Crippen LogP contribution < -0.4 is 5.73 Å². The Balaban J connectivity index is 3.02. The predicted molar refractivity (Wildman–Crippen MR) is 84.4 cm³/mol. The molecule has 1 fully saturated rings. The number of nitrogens with zero attached hydrogens (tertiary/aromatic N) is 2. The molecule has 3 heteroatoms. The number of likely N-dealkylation sites (N-methyl/N-ethyl adjacent to an activating group) is 2. The highest BCUT2D eigenvalue weighted by molar-refractivity contribution is 5.06. The topological polar surface area (TPSA) is 32.5 Å². The van der Waals surface area contributed by atoms with Crippen LogP contribution in [0.15, 0.2) is 0 Å². The molecule has 0 heterocycles. The standard InChI is InChI=1S/C16H35N3/c1-7-19(14(2)12-18(5)6)16(13-17)11-9-8-10-15(16,3)4/h14H,7-13,17H2,1-6H3. The van der Waals surface area contributed by atoms with E-state index in [1.54, 1.807) is 0 Å². The normalized spacial score (nSPS) is 28.9. The van der Waals surface area contributed by atoms with Crippen LogP contribution in [-0.2, 0) is 0 Å². The summed E-state index contributed by atoms with van der Waals surface area (Å²) >= 11 is 0. The van der Waals surface area contributed by atoms with Crippen LogP contribution in [0.4, 0.5) is 0 Å². The first-order chi connectivity index (χ1) is 8.80. The summed E-state index contributed by atoms with van der Waals surface area (Å²) < 4.78 is 0. The van der Waals surface area contributed by atoms with Gasteiger partial charge in [0.15, 0.2) is 0 Å². The third kappa shape index (κ3) is 3.32. The largest absolute Gasteiger partial charge is 0.329 e. The quantitative estimate of drug-likeness (QED) is 0.804. The molecule has 0 aromatic carbocycles. The second-order valence-electron chi connectivity index (χ2n) is 7.22. The van der Waals surface area contributed by atoms with Crippen molar-refractivity contribution in [3.05, 3.63) is 0 Å². The third-order valence-electron chi connectivity index (χ3n) is 5.29. The maximum Gasteiger partial charge on any atom is 0.0385 e. The lowest BCUT2D eigenvalue weighted by Crippen LogP contribution is -2.66. The van der Waals surface area contributed by atoms with Crippen molar-refractivity contribution in [1.29, 1.82) is 0 Å². The van der Waals surface area contributed by atoms with Crippen LogP contribution in [0.5, 0.6) is 0 Å². The van der Waals surface area contributed by atoms with Gasteiger partial charge in [-0.2, -0.15) is 0 Å². The molecule has 0 spiro atoms. The minimum Gasteiger partial charge on any atom is -0.329 e. The number of hydrogen-bond acceptors (Lipinski definition) is 3. The summed E-state index contributed by atoms with van der Waals surface area (Å²) in [5, 5.41) is 0. The Morgan fingerprint density at radius 1 is 1.16 bits per heavy atom. The van der Waals surface area contributed by atoms with Crippen LogP contribution in [-0.4, -0.2) is 55.1 Å². The Labute approximate surface area is 120 Å². The molecular formula is C16H35N3. The summed E-state index contributed by atoms with van der Waals surface area (Å²) in [7, 11) is 4.32. The van der Waals surface area contributed by atoms with E-state index >= 15 is 0 Å². The Bertz CT molecular complexity index is 275. The van der Waals surface area contributed by atoms with E-state index in [2.05, 4.69) is 51.6 Å². The maximum absolute atomic E-state index is 6.30. The monoisotopic (exact) mass is 269 g/mol. The van der Waals surface area contributed by atoms with Crippen molar-refractivity contribution in [3.63, 3.8) is 0 Å². The molecule has 0 saturated heterocycles. The molecule has 114 valence electrons. The van der Waals surface area contributed by atoms with Crippen molar-refractivity contribution < 1.29 is 0 Å². The molecule has 2 N–H and O–H groups in total. The first-order valence-corrected chi connectivity index (χ1v) is 7.92. The summed E-state index contributed by atoms with van der Waals surface area (Å²) in [6.45, 7) is 12.5. The van der Waals surface area contributed by atoms with Crippen molar-refractivity contribution in [3.8, 4) is 0 Å². The molecule has 0 aliphatic heterocycles. The Kier molecular flexibility index (Phi) is 5.84. The van der Waals surface area contributed by atoms with Crippen LogP contribution in [0.1, 0.15) is 53.4 Å². The van der Waals surface area contributed by atoms with Gasteiger partial charge in [-0.05, 0) is 45.8 Å². The van der Waals surface area contributed by atoms with E-state index < -0.39 is 0 Å². The van der Waals surface area contributed by atoms with Gasteiger partial charge in [-0.25, -0.2) is 0 Å². The fourth-order valence-corrected chi connectivity index (χ4v) is 4.25. The fourth-order valence-electron chi connectivity index (χ4n) is 4.25. The molecule has 2 atom stereocenters. The molecule has 19 heavy (non-hydrogen) atoms. The lowest BCUT2D eigenvalue weighted by atomic mass is 9.61. The van der Waals surface area contributed by atoms with Crippen molar-refractivity contribution in [2.45, 2.75) is 65.0 Å². The van der Waals surface area contributed by atoms with Gasteiger partial charge in [0.2, 0.25) is 0 Å². The molecule has 1 aliphatic rings. The molecule has 1 saturated carbocycles. The Morgan fingerprint density at radius 2 is 1.74 bits per heavy atom. The van der Waals surface area contributed by atoms with E-state index in [-0.39, 0.29) is 5.54 Å². The first kappa shape index (κ1) is 16.9. The molecule has 1 rings (SSSR count). The smallest absolute Gasteiger partial charge is 0.0385 e. The molecule has 3 nitrogen and oxygen atoms in total. The fraction of sp³-hybridized carbons (Fsp3) is 1.00. The highest BCUT2D eigenvalue weighted by Gasteiger charge is 2.50. The van der Waals surface area contributed by atoms with E-state index in [0.717, 1.165) is 19.6 Å². The highest BCUT2D eigenvalue weighted by Crippen LogP contribution is 2.47. The molecule has 0 amide bonds. The summed E-state index contributed by atoms with van der Waals surface area (Å²) in [6.07, 6.45) is 5.23. The number of rotatable bonds is 6. The predicted octanol–water partition coefficient (Wildman–Crippen LogP) is 2.56. The van der Waals surface area contributed by atoms with Crippen LogP contribution >= 0.6 is 0 Å². The molecule has 1 aliphatic carbocycles. The molecule has 0 aromatic heterocycles. The van der Waals surface area contributed by atoms with Gasteiger partial charge in [0.25, 0.3) is 0 Å². The lowest BCUT2D eigenvalue weighted by Gasteiger charge is -2.58. The Hall–Kier alpha value is -0.120. The average Bonchev–Trinajstić information content (AvgIpc) is 2.31. The molecular weight excluding hydrogens is 234 g/mol. The molecule has 0 aromatic rings. The van der Waals surface area contributed by atoms with Gasteiger partial charge in [0.05, 0.1) is 0 Å². The van der Waals surface area contributed by atoms with Gasteiger partial charge in [-0.3, -0.25) is 4.90 Å². The van der Waals surface area contributed by atoms with Gasteiger partial charge in [-0.1, -0.05) is 33.6 Å². The van der Waals surface area contributed by atoms with Gasteiger partial charge in [0.1, 0.15) is 0 Å². The second kappa shape index (κ2) is 6.55. The summed E-state index contributed by atoms with van der Waals surface area (Å²) in [4.78, 5) is 4.97. The van der Waals surface area contributed by atoms with E-state index in [4.69, 9.17) is 5.73 Å². The molecule has 0 radical (unpaired) electrons. The molecule has 0 bridgehead atoms. The number of nitrogens with two attached hydrogens (primary N) is 1. The van der Waals surface area contributed by atoms with E-state index in [1.165, 1.54) is 25.7 Å². The van der Waals surface area contributed by atoms with E-state index in [1.807, 2.05) is 0 Å². The maximum atomic E-state index is 6.30. The van der Waals surface area contributed by atoms with E-state index in [9.17, 15) is 0 Å². The van der Waals surface area contributed by atoms with Crippen molar-refractivity contribution >= 4 is 0 Å². The minimum atomic E-state index is 0.176. The zero-order chi connectivity index (χ0) is 14.7. The van der Waals surface area contributed by atoms with Crippen LogP contribution in [0.25, 0.3) is 0 Å². The second-order valence-corrected chi connectivity index (χ2v) is 7.22. The van der Waals surface area contributed by atoms with Crippen LogP contribution in [0, 0.1) is 5.41 Å². The molecule has 2 unspecified atom stereocenters. The average molecular weight is 269 g/mol. The summed E-state index contributed by atoms with van der Waals surface area (Å²) in [5.74, 6) is 0.